The summed E-state index contributed by atoms with van der Waals surface area (Å²) in [4.78, 5) is 0. The first kappa shape index (κ1) is 11.5. The molecule has 2 aromatic heterocycles. The van der Waals surface area contributed by atoms with Crippen molar-refractivity contribution in [3.05, 3.63) is 29.7 Å². The van der Waals surface area contributed by atoms with Crippen LogP contribution in [0.25, 0.3) is 11.5 Å². The van der Waals surface area contributed by atoms with Gasteiger partial charge in [0.25, 0.3) is 0 Å². The molecule has 96 valence electrons. The van der Waals surface area contributed by atoms with Crippen LogP contribution in [0.4, 0.5) is 0 Å². The molecule has 4 nitrogen and oxygen atoms in total. The van der Waals surface area contributed by atoms with E-state index < -0.39 is 0 Å². The van der Waals surface area contributed by atoms with Gasteiger partial charge >= 0.3 is 0 Å². The monoisotopic (exact) mass is 245 g/mol. The lowest BCUT2D eigenvalue weighted by Crippen LogP contribution is -2.16. The number of nitrogens with one attached hydrogen (secondary N) is 2. The van der Waals surface area contributed by atoms with Gasteiger partial charge in [0.15, 0.2) is 5.76 Å². The third-order valence-electron chi connectivity index (χ3n) is 3.70. The van der Waals surface area contributed by atoms with Crippen molar-refractivity contribution in [1.29, 1.82) is 0 Å². The van der Waals surface area contributed by atoms with E-state index in [1.165, 1.54) is 6.42 Å². The van der Waals surface area contributed by atoms with Crippen LogP contribution in [-0.2, 0) is 6.54 Å². The molecule has 2 unspecified atom stereocenters. The van der Waals surface area contributed by atoms with Crippen molar-refractivity contribution in [3.8, 4) is 11.5 Å². The second-order valence-corrected chi connectivity index (χ2v) is 5.28. The number of aromatic amines is 1. The van der Waals surface area contributed by atoms with Crippen molar-refractivity contribution in [2.45, 2.75) is 26.8 Å². The fourth-order valence-electron chi connectivity index (χ4n) is 2.30. The minimum absolute atomic E-state index is 0.842. The van der Waals surface area contributed by atoms with Crippen LogP contribution in [0, 0.1) is 18.8 Å². The van der Waals surface area contributed by atoms with Gasteiger partial charge in [-0.3, -0.25) is 5.10 Å². The van der Waals surface area contributed by atoms with E-state index in [1.54, 1.807) is 0 Å². The molecule has 1 aliphatic rings. The van der Waals surface area contributed by atoms with E-state index in [0.29, 0.717) is 0 Å². The molecule has 0 aliphatic heterocycles. The lowest BCUT2D eigenvalue weighted by atomic mass is 10.2. The maximum Gasteiger partial charge on any atom is 0.152 e. The highest BCUT2D eigenvalue weighted by molar-refractivity contribution is 5.56. The van der Waals surface area contributed by atoms with E-state index >= 15 is 0 Å². The van der Waals surface area contributed by atoms with Crippen LogP contribution in [0.2, 0.25) is 0 Å². The summed E-state index contributed by atoms with van der Waals surface area (Å²) in [6.07, 6.45) is 3.24. The largest absolute Gasteiger partial charge is 0.460 e. The molecule has 0 radical (unpaired) electrons. The summed E-state index contributed by atoms with van der Waals surface area (Å²) in [6.45, 7) is 6.20. The minimum Gasteiger partial charge on any atom is -0.460 e. The highest BCUT2D eigenvalue weighted by Crippen LogP contribution is 2.36. The molecule has 2 aromatic rings. The smallest absolute Gasteiger partial charge is 0.152 e. The standard InChI is InChI=1S/C14H19N3O/c1-9-5-11(9)6-15-7-12-8-16-17-14(12)13-4-3-10(2)18-13/h3-4,8-9,11,15H,5-7H2,1-2H3,(H,16,17). The van der Waals surface area contributed by atoms with Crippen molar-refractivity contribution in [1.82, 2.24) is 15.5 Å². The SMILES string of the molecule is Cc1ccc(-c2[nH]ncc2CNCC2CC2C)o1. The molecule has 0 amide bonds. The zero-order valence-electron chi connectivity index (χ0n) is 10.9. The Morgan fingerprint density at radius 3 is 3.00 bits per heavy atom. The van der Waals surface area contributed by atoms with Crippen LogP contribution in [-0.4, -0.2) is 16.7 Å². The van der Waals surface area contributed by atoms with Crippen LogP contribution in [0.15, 0.2) is 22.7 Å². The van der Waals surface area contributed by atoms with Gasteiger partial charge in [0.1, 0.15) is 11.5 Å². The Balaban J connectivity index is 1.64. The normalized spacial score (nSPS) is 22.3. The molecule has 1 aliphatic carbocycles. The van der Waals surface area contributed by atoms with Gasteiger partial charge in [-0.25, -0.2) is 0 Å². The number of hydrogen-bond donors (Lipinski definition) is 2. The number of nitrogens with zero attached hydrogens (tertiary/aromatic N) is 1. The van der Waals surface area contributed by atoms with E-state index in [0.717, 1.165) is 47.7 Å². The maximum atomic E-state index is 5.63. The van der Waals surface area contributed by atoms with E-state index in [-0.39, 0.29) is 0 Å². The lowest BCUT2D eigenvalue weighted by molar-refractivity contribution is 0.544. The van der Waals surface area contributed by atoms with E-state index in [2.05, 4.69) is 22.4 Å². The van der Waals surface area contributed by atoms with Crippen molar-refractivity contribution in [2.75, 3.05) is 6.54 Å². The molecular formula is C14H19N3O. The molecule has 1 fully saturated rings. The first-order valence-electron chi connectivity index (χ1n) is 6.54. The van der Waals surface area contributed by atoms with Gasteiger partial charge in [0.2, 0.25) is 0 Å². The molecule has 0 aromatic carbocycles. The number of furan rings is 1. The van der Waals surface area contributed by atoms with Gasteiger partial charge in [-0.05, 0) is 43.9 Å². The third-order valence-corrected chi connectivity index (χ3v) is 3.70. The van der Waals surface area contributed by atoms with E-state index in [4.69, 9.17) is 4.42 Å². The lowest BCUT2D eigenvalue weighted by Gasteiger charge is -2.03. The highest BCUT2D eigenvalue weighted by Gasteiger charge is 2.31. The molecule has 0 bridgehead atoms. The van der Waals surface area contributed by atoms with E-state index in [1.807, 2.05) is 25.3 Å². The molecule has 1 saturated carbocycles. The second-order valence-electron chi connectivity index (χ2n) is 5.28. The number of aryl methyl sites for hydroxylation is 1. The summed E-state index contributed by atoms with van der Waals surface area (Å²) in [5.74, 6) is 3.55. The van der Waals surface area contributed by atoms with Gasteiger partial charge in [-0.15, -0.1) is 0 Å². The van der Waals surface area contributed by atoms with Gasteiger partial charge in [-0.2, -0.15) is 5.10 Å². The third kappa shape index (κ3) is 2.34. The summed E-state index contributed by atoms with van der Waals surface area (Å²) in [5, 5.41) is 10.6. The Bertz CT molecular complexity index is 529. The number of hydrogen-bond acceptors (Lipinski definition) is 3. The molecule has 0 saturated heterocycles. The molecular weight excluding hydrogens is 226 g/mol. The molecule has 2 atom stereocenters. The Kier molecular flexibility index (Phi) is 2.96. The molecule has 3 rings (SSSR count). The van der Waals surface area contributed by atoms with Crippen LogP contribution in [0.3, 0.4) is 0 Å². The summed E-state index contributed by atoms with van der Waals surface area (Å²) in [5.41, 5.74) is 2.15. The van der Waals surface area contributed by atoms with Gasteiger partial charge in [0.05, 0.1) is 6.20 Å². The van der Waals surface area contributed by atoms with Crippen LogP contribution >= 0.6 is 0 Å². The molecule has 4 heteroatoms. The first-order valence-corrected chi connectivity index (χ1v) is 6.54. The average Bonchev–Trinajstić information content (AvgIpc) is 2.79. The first-order chi connectivity index (χ1) is 8.74. The fraction of sp³-hybridized carbons (Fsp3) is 0.500. The minimum atomic E-state index is 0.842. The van der Waals surface area contributed by atoms with Crippen molar-refractivity contribution < 1.29 is 4.42 Å². The van der Waals surface area contributed by atoms with Crippen LogP contribution in [0.5, 0.6) is 0 Å². The zero-order valence-corrected chi connectivity index (χ0v) is 10.9. The second kappa shape index (κ2) is 4.61. The average molecular weight is 245 g/mol. The Hall–Kier alpha value is -1.55. The zero-order chi connectivity index (χ0) is 12.5. The van der Waals surface area contributed by atoms with Crippen LogP contribution < -0.4 is 5.32 Å². The number of H-pyrrole nitrogens is 1. The number of aromatic nitrogens is 2. The summed E-state index contributed by atoms with van der Waals surface area (Å²) < 4.78 is 5.63. The topological polar surface area (TPSA) is 53.9 Å². The van der Waals surface area contributed by atoms with E-state index in [9.17, 15) is 0 Å². The molecule has 2 heterocycles. The summed E-state index contributed by atoms with van der Waals surface area (Å²) in [7, 11) is 0. The maximum absolute atomic E-state index is 5.63. The predicted molar refractivity (Wildman–Crippen MR) is 70.0 cm³/mol. The van der Waals surface area contributed by atoms with Crippen LogP contribution in [0.1, 0.15) is 24.7 Å². The molecule has 0 spiro atoms. The Labute approximate surface area is 107 Å². The van der Waals surface area contributed by atoms with Crippen molar-refractivity contribution in [2.24, 2.45) is 11.8 Å². The quantitative estimate of drug-likeness (QED) is 0.851. The van der Waals surface area contributed by atoms with Crippen molar-refractivity contribution >= 4 is 0 Å². The Morgan fingerprint density at radius 2 is 2.33 bits per heavy atom. The predicted octanol–water partition coefficient (Wildman–Crippen LogP) is 2.72. The summed E-state index contributed by atoms with van der Waals surface area (Å²) >= 11 is 0. The molecule has 2 N–H and O–H groups in total. The fourth-order valence-corrected chi connectivity index (χ4v) is 2.30. The van der Waals surface area contributed by atoms with Crippen molar-refractivity contribution in [3.63, 3.8) is 0 Å². The Morgan fingerprint density at radius 1 is 1.50 bits per heavy atom. The van der Waals surface area contributed by atoms with Gasteiger partial charge < -0.3 is 9.73 Å². The number of rotatable bonds is 5. The summed E-state index contributed by atoms with van der Waals surface area (Å²) in [6, 6.07) is 3.95. The molecule has 18 heavy (non-hydrogen) atoms. The highest BCUT2D eigenvalue weighted by atomic mass is 16.3. The van der Waals surface area contributed by atoms with Gasteiger partial charge in [0, 0.05) is 12.1 Å². The van der Waals surface area contributed by atoms with Gasteiger partial charge in [-0.1, -0.05) is 6.92 Å².